The molecule has 0 amide bonds. The maximum atomic E-state index is 5.41. The van der Waals surface area contributed by atoms with Gasteiger partial charge in [0, 0.05) is 4.47 Å². The van der Waals surface area contributed by atoms with Gasteiger partial charge in [-0.2, -0.15) is 0 Å². The van der Waals surface area contributed by atoms with Crippen molar-refractivity contribution in [3.05, 3.63) is 22.2 Å². The summed E-state index contributed by atoms with van der Waals surface area (Å²) in [7, 11) is 3.33. The van der Waals surface area contributed by atoms with E-state index in [0.717, 1.165) is 35.5 Å². The molecule has 0 aliphatic rings. The zero-order chi connectivity index (χ0) is 15.2. The van der Waals surface area contributed by atoms with Gasteiger partial charge in [-0.05, 0) is 49.0 Å². The first-order valence-electron chi connectivity index (χ1n) is 7.09. The highest BCUT2D eigenvalue weighted by Crippen LogP contribution is 2.40. The highest BCUT2D eigenvalue weighted by molar-refractivity contribution is 9.10. The molecular weight excluding hydrogens is 318 g/mol. The number of halogens is 1. The Morgan fingerprint density at radius 2 is 1.70 bits per heavy atom. The first kappa shape index (κ1) is 17.3. The van der Waals surface area contributed by atoms with Gasteiger partial charge in [0.2, 0.25) is 0 Å². The molecule has 20 heavy (non-hydrogen) atoms. The molecular formula is C16H26BrNO2. The van der Waals surface area contributed by atoms with Crippen LogP contribution in [0.1, 0.15) is 39.2 Å². The van der Waals surface area contributed by atoms with Crippen LogP contribution in [-0.4, -0.2) is 27.3 Å². The molecule has 0 atom stereocenters. The Morgan fingerprint density at radius 1 is 1.10 bits per heavy atom. The summed E-state index contributed by atoms with van der Waals surface area (Å²) in [5.41, 5.74) is 1.31. The molecule has 4 heteroatoms. The molecule has 0 aliphatic heterocycles. The number of benzene rings is 1. The summed E-state index contributed by atoms with van der Waals surface area (Å²) in [6, 6.07) is 4.05. The zero-order valence-electron chi connectivity index (χ0n) is 13.2. The first-order valence-corrected chi connectivity index (χ1v) is 7.88. The molecule has 1 rings (SSSR count). The molecule has 0 unspecified atom stereocenters. The molecule has 114 valence electrons. The number of hydrogen-bond donors (Lipinski definition) is 1. The third-order valence-corrected chi connectivity index (χ3v) is 4.21. The number of methoxy groups -OCH3 is 2. The van der Waals surface area contributed by atoms with Gasteiger partial charge >= 0.3 is 0 Å². The molecule has 0 saturated carbocycles. The average Bonchev–Trinajstić information content (AvgIpc) is 2.43. The Kier molecular flexibility index (Phi) is 6.83. The van der Waals surface area contributed by atoms with E-state index in [1.54, 1.807) is 14.2 Å². The molecule has 0 saturated heterocycles. The number of rotatable bonds is 8. The van der Waals surface area contributed by atoms with Crippen LogP contribution in [0.5, 0.6) is 11.5 Å². The van der Waals surface area contributed by atoms with Crippen LogP contribution < -0.4 is 14.8 Å². The predicted molar refractivity (Wildman–Crippen MR) is 88.0 cm³/mol. The lowest BCUT2D eigenvalue weighted by atomic mass is 9.81. The third-order valence-electron chi connectivity index (χ3n) is 3.56. The van der Waals surface area contributed by atoms with Crippen LogP contribution in [0.25, 0.3) is 0 Å². The highest BCUT2D eigenvalue weighted by atomic mass is 79.9. The fourth-order valence-electron chi connectivity index (χ4n) is 2.21. The van der Waals surface area contributed by atoms with Crippen molar-refractivity contribution < 1.29 is 9.47 Å². The Labute approximate surface area is 131 Å². The van der Waals surface area contributed by atoms with Crippen molar-refractivity contribution in [3.8, 4) is 11.5 Å². The van der Waals surface area contributed by atoms with Crippen LogP contribution in [0.2, 0.25) is 0 Å². The average molecular weight is 344 g/mol. The minimum atomic E-state index is 0.0686. The smallest absolute Gasteiger partial charge is 0.161 e. The van der Waals surface area contributed by atoms with E-state index in [1.165, 1.54) is 12.0 Å². The van der Waals surface area contributed by atoms with Crippen molar-refractivity contribution in [3.63, 3.8) is 0 Å². The lowest BCUT2D eigenvalue weighted by Crippen LogP contribution is -2.26. The molecule has 1 N–H and O–H groups in total. The summed E-state index contributed by atoms with van der Waals surface area (Å²) >= 11 is 3.65. The van der Waals surface area contributed by atoms with Gasteiger partial charge < -0.3 is 14.8 Å². The quantitative estimate of drug-likeness (QED) is 0.719. The SMILES string of the molecule is CCCNCCC(C)(C)c1cc(OC)c(OC)cc1Br. The van der Waals surface area contributed by atoms with Crippen molar-refractivity contribution in [2.45, 2.75) is 39.0 Å². The van der Waals surface area contributed by atoms with Crippen LogP contribution in [0.4, 0.5) is 0 Å². The standard InChI is InChI=1S/C16H26BrNO2/c1-6-8-18-9-7-16(2,3)12-10-14(19-4)15(20-5)11-13(12)17/h10-11,18H,6-9H2,1-5H3. The molecule has 0 fully saturated rings. The largest absolute Gasteiger partial charge is 0.493 e. The summed E-state index contributed by atoms with van der Waals surface area (Å²) in [5.74, 6) is 1.53. The highest BCUT2D eigenvalue weighted by Gasteiger charge is 2.24. The minimum absolute atomic E-state index is 0.0686. The van der Waals surface area contributed by atoms with E-state index < -0.39 is 0 Å². The second kappa shape index (κ2) is 7.89. The van der Waals surface area contributed by atoms with Gasteiger partial charge in [0.15, 0.2) is 11.5 Å². The van der Waals surface area contributed by atoms with E-state index in [1.807, 2.05) is 6.07 Å². The Hall–Kier alpha value is -0.740. The normalized spacial score (nSPS) is 11.5. The Balaban J connectivity index is 2.93. The topological polar surface area (TPSA) is 30.5 Å². The molecule has 1 aromatic rings. The van der Waals surface area contributed by atoms with E-state index in [4.69, 9.17) is 9.47 Å². The van der Waals surface area contributed by atoms with Crippen LogP contribution in [-0.2, 0) is 5.41 Å². The third kappa shape index (κ3) is 4.38. The van der Waals surface area contributed by atoms with Gasteiger partial charge in [0.1, 0.15) is 0 Å². The van der Waals surface area contributed by atoms with E-state index in [0.29, 0.717) is 0 Å². The van der Waals surface area contributed by atoms with Crippen LogP contribution >= 0.6 is 15.9 Å². The van der Waals surface area contributed by atoms with Gasteiger partial charge in [0.05, 0.1) is 14.2 Å². The Morgan fingerprint density at radius 3 is 2.25 bits per heavy atom. The minimum Gasteiger partial charge on any atom is -0.493 e. The lowest BCUT2D eigenvalue weighted by molar-refractivity contribution is 0.352. The summed E-state index contributed by atoms with van der Waals surface area (Å²) in [5, 5.41) is 3.46. The first-order chi connectivity index (χ1) is 9.46. The molecule has 0 heterocycles. The number of nitrogens with one attached hydrogen (secondary N) is 1. The van der Waals surface area contributed by atoms with Crippen LogP contribution in [0, 0.1) is 0 Å². The summed E-state index contributed by atoms with van der Waals surface area (Å²) < 4.78 is 11.8. The summed E-state index contributed by atoms with van der Waals surface area (Å²) in [4.78, 5) is 0. The molecule has 0 spiro atoms. The molecule has 1 aromatic carbocycles. The van der Waals surface area contributed by atoms with E-state index >= 15 is 0 Å². The zero-order valence-corrected chi connectivity index (χ0v) is 14.8. The second-order valence-electron chi connectivity index (χ2n) is 5.57. The van der Waals surface area contributed by atoms with E-state index in [9.17, 15) is 0 Å². The fourth-order valence-corrected chi connectivity index (χ4v) is 3.07. The van der Waals surface area contributed by atoms with Gasteiger partial charge in [0.25, 0.3) is 0 Å². The number of hydrogen-bond acceptors (Lipinski definition) is 3. The van der Waals surface area contributed by atoms with Crippen LogP contribution in [0.15, 0.2) is 16.6 Å². The predicted octanol–water partition coefficient (Wildman–Crippen LogP) is 4.13. The van der Waals surface area contributed by atoms with E-state index in [2.05, 4.69) is 48.1 Å². The maximum Gasteiger partial charge on any atom is 0.161 e. The van der Waals surface area contributed by atoms with Gasteiger partial charge in [-0.25, -0.2) is 0 Å². The van der Waals surface area contributed by atoms with E-state index in [-0.39, 0.29) is 5.41 Å². The van der Waals surface area contributed by atoms with Crippen molar-refractivity contribution in [1.82, 2.24) is 5.32 Å². The fraction of sp³-hybridized carbons (Fsp3) is 0.625. The van der Waals surface area contributed by atoms with Gasteiger partial charge in [-0.15, -0.1) is 0 Å². The Bertz CT molecular complexity index is 433. The molecule has 0 bridgehead atoms. The van der Waals surface area contributed by atoms with Crippen molar-refractivity contribution in [2.24, 2.45) is 0 Å². The second-order valence-corrected chi connectivity index (χ2v) is 6.43. The lowest BCUT2D eigenvalue weighted by Gasteiger charge is -2.27. The summed E-state index contributed by atoms with van der Waals surface area (Å²) in [6.45, 7) is 8.78. The van der Waals surface area contributed by atoms with Gasteiger partial charge in [-0.1, -0.05) is 36.7 Å². The monoisotopic (exact) mass is 343 g/mol. The maximum absolute atomic E-state index is 5.41. The molecule has 3 nitrogen and oxygen atoms in total. The van der Waals surface area contributed by atoms with Crippen molar-refractivity contribution >= 4 is 15.9 Å². The van der Waals surface area contributed by atoms with Crippen molar-refractivity contribution in [1.29, 1.82) is 0 Å². The molecule has 0 aromatic heterocycles. The molecule has 0 aliphatic carbocycles. The number of ether oxygens (including phenoxy) is 2. The summed E-state index contributed by atoms with van der Waals surface area (Å²) in [6.07, 6.45) is 2.24. The van der Waals surface area contributed by atoms with Gasteiger partial charge in [-0.3, -0.25) is 0 Å². The van der Waals surface area contributed by atoms with Crippen molar-refractivity contribution in [2.75, 3.05) is 27.3 Å². The molecule has 0 radical (unpaired) electrons. The van der Waals surface area contributed by atoms with Crippen LogP contribution in [0.3, 0.4) is 0 Å².